The molecule has 1 atom stereocenters. The fourth-order valence-electron chi connectivity index (χ4n) is 2.58. The van der Waals surface area contributed by atoms with Gasteiger partial charge in [0.15, 0.2) is 0 Å². The highest BCUT2D eigenvalue weighted by atomic mass is 32.1. The Morgan fingerprint density at radius 3 is 2.74 bits per heavy atom. The molecule has 1 unspecified atom stereocenters. The highest BCUT2D eigenvalue weighted by Crippen LogP contribution is 2.42. The van der Waals surface area contributed by atoms with Crippen LogP contribution in [-0.2, 0) is 5.41 Å². The van der Waals surface area contributed by atoms with Crippen molar-refractivity contribution in [2.24, 2.45) is 0 Å². The second-order valence-electron chi connectivity index (χ2n) is 5.66. The Kier molecular flexibility index (Phi) is 2.65. The number of fused-ring (bicyclic) bond motifs is 1. The predicted octanol–water partition coefficient (Wildman–Crippen LogP) is 4.38. The number of hydrogen-bond acceptors (Lipinski definition) is 3. The molecule has 0 saturated heterocycles. The molecule has 96 valence electrons. The van der Waals surface area contributed by atoms with E-state index in [9.17, 15) is 0 Å². The number of nitrogens with one attached hydrogen (secondary N) is 1. The molecule has 2 aromatic rings. The first-order chi connectivity index (χ1) is 9.02. The molecule has 0 amide bonds. The molecule has 0 aliphatic carbocycles. The van der Waals surface area contributed by atoms with Crippen molar-refractivity contribution >= 4 is 17.0 Å². The van der Waals surface area contributed by atoms with Gasteiger partial charge in [0, 0.05) is 17.1 Å². The normalized spacial score (nSPS) is 19.6. The van der Waals surface area contributed by atoms with Gasteiger partial charge in [0.25, 0.3) is 0 Å². The number of anilines is 1. The number of hydrogen-bond donors (Lipinski definition) is 1. The second-order valence-corrected chi connectivity index (χ2v) is 6.57. The van der Waals surface area contributed by atoms with Gasteiger partial charge in [-0.05, 0) is 47.2 Å². The molecule has 1 aromatic heterocycles. The van der Waals surface area contributed by atoms with Gasteiger partial charge in [-0.1, -0.05) is 19.9 Å². The number of thiophene rings is 1. The van der Waals surface area contributed by atoms with E-state index < -0.39 is 0 Å². The lowest BCUT2D eigenvalue weighted by molar-refractivity contribution is 0.486. The van der Waals surface area contributed by atoms with Crippen LogP contribution in [0, 0.1) is 11.3 Å². The van der Waals surface area contributed by atoms with Gasteiger partial charge in [-0.15, -0.1) is 11.3 Å². The van der Waals surface area contributed by atoms with Crippen LogP contribution in [0.25, 0.3) is 11.1 Å². The number of benzene rings is 1. The Bertz CT molecular complexity index is 676. The summed E-state index contributed by atoms with van der Waals surface area (Å²) in [4.78, 5) is 0.765. The van der Waals surface area contributed by atoms with Gasteiger partial charge < -0.3 is 5.32 Å². The highest BCUT2D eigenvalue weighted by Gasteiger charge is 2.36. The predicted molar refractivity (Wildman–Crippen MR) is 80.6 cm³/mol. The van der Waals surface area contributed by atoms with Gasteiger partial charge in [0.1, 0.15) is 10.9 Å². The molecular weight excluding hydrogens is 252 g/mol. The number of nitrogens with zero attached hydrogens (tertiary/aromatic N) is 1. The van der Waals surface area contributed by atoms with Crippen molar-refractivity contribution in [2.45, 2.75) is 32.2 Å². The van der Waals surface area contributed by atoms with Gasteiger partial charge in [0.05, 0.1) is 0 Å². The summed E-state index contributed by atoms with van der Waals surface area (Å²) in [5.74, 6) is 0. The summed E-state index contributed by atoms with van der Waals surface area (Å²) in [6.45, 7) is 6.77. The summed E-state index contributed by atoms with van der Waals surface area (Å²) in [5.41, 5.74) is 5.07. The standard InChI is InChI=1S/C16H16N2S/c1-10-16(2,3)14-7-11(4-5-15(14)18-10)12-6-13(8-17)19-9-12/h4-7,9-10,18H,1-3H3. The third kappa shape index (κ3) is 1.84. The molecule has 3 heteroatoms. The fraction of sp³-hybridized carbons (Fsp3) is 0.312. The Morgan fingerprint density at radius 2 is 2.05 bits per heavy atom. The van der Waals surface area contributed by atoms with E-state index in [4.69, 9.17) is 5.26 Å². The zero-order valence-corrected chi connectivity index (χ0v) is 12.1. The van der Waals surface area contributed by atoms with Gasteiger partial charge in [-0.3, -0.25) is 0 Å². The molecule has 1 aliphatic heterocycles. The quantitative estimate of drug-likeness (QED) is 0.833. The molecule has 0 bridgehead atoms. The summed E-state index contributed by atoms with van der Waals surface area (Å²) in [5, 5.41) is 14.5. The first kappa shape index (κ1) is 12.3. The van der Waals surface area contributed by atoms with E-state index in [2.05, 4.69) is 55.7 Å². The maximum Gasteiger partial charge on any atom is 0.110 e. The molecule has 1 N–H and O–H groups in total. The molecule has 0 spiro atoms. The average Bonchev–Trinajstić information content (AvgIpc) is 2.94. The fourth-order valence-corrected chi connectivity index (χ4v) is 3.28. The van der Waals surface area contributed by atoms with Crippen molar-refractivity contribution in [1.82, 2.24) is 0 Å². The van der Waals surface area contributed by atoms with Crippen molar-refractivity contribution in [3.05, 3.63) is 40.1 Å². The van der Waals surface area contributed by atoms with Crippen LogP contribution < -0.4 is 5.32 Å². The first-order valence-corrected chi connectivity index (χ1v) is 7.30. The third-order valence-electron chi connectivity index (χ3n) is 4.21. The van der Waals surface area contributed by atoms with E-state index in [1.807, 2.05) is 6.07 Å². The van der Waals surface area contributed by atoms with Crippen LogP contribution in [0.3, 0.4) is 0 Å². The molecule has 0 fully saturated rings. The monoisotopic (exact) mass is 268 g/mol. The van der Waals surface area contributed by atoms with E-state index in [0.717, 1.165) is 10.4 Å². The molecule has 0 saturated carbocycles. The molecule has 2 heterocycles. The molecule has 2 nitrogen and oxygen atoms in total. The Labute approximate surface area is 117 Å². The minimum atomic E-state index is 0.138. The molecule has 1 aliphatic rings. The van der Waals surface area contributed by atoms with Crippen LogP contribution >= 0.6 is 11.3 Å². The molecule has 3 rings (SSSR count). The maximum absolute atomic E-state index is 8.92. The Hall–Kier alpha value is -1.79. The van der Waals surface area contributed by atoms with Crippen LogP contribution in [0.15, 0.2) is 29.6 Å². The van der Waals surface area contributed by atoms with E-state index in [1.54, 1.807) is 0 Å². The minimum Gasteiger partial charge on any atom is -0.381 e. The van der Waals surface area contributed by atoms with Crippen molar-refractivity contribution in [2.75, 3.05) is 5.32 Å². The average molecular weight is 268 g/mol. The lowest BCUT2D eigenvalue weighted by Crippen LogP contribution is -2.29. The van der Waals surface area contributed by atoms with Crippen LogP contribution in [0.4, 0.5) is 5.69 Å². The van der Waals surface area contributed by atoms with E-state index in [0.29, 0.717) is 6.04 Å². The van der Waals surface area contributed by atoms with E-state index >= 15 is 0 Å². The van der Waals surface area contributed by atoms with Crippen LogP contribution in [-0.4, -0.2) is 6.04 Å². The maximum atomic E-state index is 8.92. The van der Waals surface area contributed by atoms with Crippen LogP contribution in [0.2, 0.25) is 0 Å². The summed E-state index contributed by atoms with van der Waals surface area (Å²) < 4.78 is 0. The lowest BCUT2D eigenvalue weighted by Gasteiger charge is -2.24. The van der Waals surface area contributed by atoms with Crippen molar-refractivity contribution in [3.8, 4) is 17.2 Å². The number of nitriles is 1. The Balaban J connectivity index is 2.08. The smallest absolute Gasteiger partial charge is 0.110 e. The summed E-state index contributed by atoms with van der Waals surface area (Å²) in [6, 6.07) is 11.1. The van der Waals surface area contributed by atoms with Crippen molar-refractivity contribution in [3.63, 3.8) is 0 Å². The van der Waals surface area contributed by atoms with Crippen LogP contribution in [0.1, 0.15) is 31.2 Å². The second kappa shape index (κ2) is 4.11. The summed E-state index contributed by atoms with van der Waals surface area (Å²) in [7, 11) is 0. The molecular formula is C16H16N2S. The van der Waals surface area contributed by atoms with Gasteiger partial charge in [-0.25, -0.2) is 0 Å². The Morgan fingerprint density at radius 1 is 1.26 bits per heavy atom. The highest BCUT2D eigenvalue weighted by molar-refractivity contribution is 7.10. The third-order valence-corrected chi connectivity index (χ3v) is 5.05. The SMILES string of the molecule is CC1Nc2ccc(-c3csc(C#N)c3)cc2C1(C)C. The van der Waals surface area contributed by atoms with Crippen molar-refractivity contribution < 1.29 is 0 Å². The number of rotatable bonds is 1. The zero-order chi connectivity index (χ0) is 13.6. The van der Waals surface area contributed by atoms with E-state index in [1.165, 1.54) is 28.2 Å². The first-order valence-electron chi connectivity index (χ1n) is 6.42. The zero-order valence-electron chi connectivity index (χ0n) is 11.3. The topological polar surface area (TPSA) is 35.8 Å². The molecule has 0 radical (unpaired) electrons. The van der Waals surface area contributed by atoms with Gasteiger partial charge in [-0.2, -0.15) is 5.26 Å². The lowest BCUT2D eigenvalue weighted by atomic mass is 9.80. The van der Waals surface area contributed by atoms with Crippen molar-refractivity contribution in [1.29, 1.82) is 5.26 Å². The van der Waals surface area contributed by atoms with Gasteiger partial charge in [0.2, 0.25) is 0 Å². The van der Waals surface area contributed by atoms with Crippen LogP contribution in [0.5, 0.6) is 0 Å². The minimum absolute atomic E-state index is 0.138. The molecule has 1 aromatic carbocycles. The van der Waals surface area contributed by atoms with Gasteiger partial charge >= 0.3 is 0 Å². The molecule has 19 heavy (non-hydrogen) atoms. The largest absolute Gasteiger partial charge is 0.381 e. The summed E-state index contributed by atoms with van der Waals surface area (Å²) in [6.07, 6.45) is 0. The van der Waals surface area contributed by atoms with E-state index in [-0.39, 0.29) is 5.41 Å². The summed E-state index contributed by atoms with van der Waals surface area (Å²) >= 11 is 1.50.